The molecule has 108 valence electrons. The van der Waals surface area contributed by atoms with E-state index in [1.54, 1.807) is 19.2 Å². The van der Waals surface area contributed by atoms with Gasteiger partial charge in [0.25, 0.3) is 6.01 Å². The van der Waals surface area contributed by atoms with Crippen molar-refractivity contribution in [3.63, 3.8) is 0 Å². The van der Waals surface area contributed by atoms with Gasteiger partial charge in [0.15, 0.2) is 5.58 Å². The number of benzene rings is 2. The SMILES string of the molecule is COc1cccc(Cl)c1CNc1nc2ccc(N)cc2o1. The van der Waals surface area contributed by atoms with Crippen molar-refractivity contribution in [1.82, 2.24) is 4.98 Å². The molecule has 0 saturated heterocycles. The van der Waals surface area contributed by atoms with Crippen LogP contribution in [0, 0.1) is 0 Å². The summed E-state index contributed by atoms with van der Waals surface area (Å²) in [7, 11) is 1.61. The number of nitrogen functional groups attached to an aromatic ring is 1. The maximum absolute atomic E-state index is 6.19. The van der Waals surface area contributed by atoms with Gasteiger partial charge in [-0.2, -0.15) is 4.98 Å². The van der Waals surface area contributed by atoms with Crippen molar-refractivity contribution in [2.24, 2.45) is 0 Å². The third-order valence-electron chi connectivity index (χ3n) is 3.12. The van der Waals surface area contributed by atoms with Crippen molar-refractivity contribution in [3.05, 3.63) is 47.0 Å². The molecule has 0 bridgehead atoms. The molecule has 2 aromatic carbocycles. The molecule has 1 heterocycles. The maximum atomic E-state index is 6.19. The first-order valence-corrected chi connectivity index (χ1v) is 6.76. The number of hydrogen-bond acceptors (Lipinski definition) is 5. The fourth-order valence-electron chi connectivity index (χ4n) is 2.08. The van der Waals surface area contributed by atoms with Crippen LogP contribution in [-0.4, -0.2) is 12.1 Å². The summed E-state index contributed by atoms with van der Waals surface area (Å²) in [5.41, 5.74) is 8.59. The number of oxazole rings is 1. The molecule has 0 aliphatic rings. The van der Waals surface area contributed by atoms with Crippen molar-refractivity contribution in [2.75, 3.05) is 18.2 Å². The van der Waals surface area contributed by atoms with Crippen LogP contribution in [0.3, 0.4) is 0 Å². The second-order valence-corrected chi connectivity index (χ2v) is 4.93. The Labute approximate surface area is 126 Å². The van der Waals surface area contributed by atoms with Crippen LogP contribution >= 0.6 is 11.6 Å². The molecule has 0 amide bonds. The van der Waals surface area contributed by atoms with Crippen molar-refractivity contribution >= 4 is 34.4 Å². The van der Waals surface area contributed by atoms with E-state index in [0.717, 1.165) is 16.8 Å². The Balaban J connectivity index is 1.83. The first kappa shape index (κ1) is 13.6. The zero-order valence-corrected chi connectivity index (χ0v) is 12.1. The summed E-state index contributed by atoms with van der Waals surface area (Å²) in [6.07, 6.45) is 0. The van der Waals surface area contributed by atoms with Crippen LogP contribution in [0.15, 0.2) is 40.8 Å². The van der Waals surface area contributed by atoms with Crippen LogP contribution < -0.4 is 15.8 Å². The Morgan fingerprint density at radius 3 is 3.00 bits per heavy atom. The maximum Gasteiger partial charge on any atom is 0.295 e. The van der Waals surface area contributed by atoms with E-state index >= 15 is 0 Å². The van der Waals surface area contributed by atoms with Gasteiger partial charge in [-0.1, -0.05) is 17.7 Å². The van der Waals surface area contributed by atoms with Gasteiger partial charge in [-0.3, -0.25) is 0 Å². The summed E-state index contributed by atoms with van der Waals surface area (Å²) in [5.74, 6) is 0.718. The largest absolute Gasteiger partial charge is 0.496 e. The Morgan fingerprint density at radius 1 is 1.33 bits per heavy atom. The average Bonchev–Trinajstić information content (AvgIpc) is 2.87. The number of ether oxygens (including phenoxy) is 1. The predicted molar refractivity (Wildman–Crippen MR) is 83.8 cm³/mol. The second kappa shape index (κ2) is 5.54. The minimum Gasteiger partial charge on any atom is -0.496 e. The van der Waals surface area contributed by atoms with Crippen molar-refractivity contribution in [2.45, 2.75) is 6.54 Å². The molecule has 0 fully saturated rings. The number of fused-ring (bicyclic) bond motifs is 1. The van der Waals surface area contributed by atoms with Gasteiger partial charge in [-0.05, 0) is 24.3 Å². The van der Waals surface area contributed by atoms with Crippen LogP contribution in [0.2, 0.25) is 5.02 Å². The topological polar surface area (TPSA) is 73.3 Å². The number of nitrogens with zero attached hydrogens (tertiary/aromatic N) is 1. The van der Waals surface area contributed by atoms with Gasteiger partial charge in [0, 0.05) is 28.9 Å². The number of rotatable bonds is 4. The highest BCUT2D eigenvalue weighted by molar-refractivity contribution is 6.31. The third-order valence-corrected chi connectivity index (χ3v) is 3.48. The average molecular weight is 304 g/mol. The lowest BCUT2D eigenvalue weighted by Crippen LogP contribution is -2.02. The van der Waals surface area contributed by atoms with Crippen LogP contribution in [0.5, 0.6) is 5.75 Å². The van der Waals surface area contributed by atoms with Gasteiger partial charge in [0.05, 0.1) is 7.11 Å². The molecule has 5 nitrogen and oxygen atoms in total. The fraction of sp³-hybridized carbons (Fsp3) is 0.133. The van der Waals surface area contributed by atoms with Crippen molar-refractivity contribution in [3.8, 4) is 5.75 Å². The van der Waals surface area contributed by atoms with Crippen molar-refractivity contribution < 1.29 is 9.15 Å². The molecule has 0 unspecified atom stereocenters. The Morgan fingerprint density at radius 2 is 2.19 bits per heavy atom. The first-order valence-electron chi connectivity index (χ1n) is 6.38. The Hall–Kier alpha value is -2.40. The summed E-state index contributed by atoms with van der Waals surface area (Å²) in [5, 5.41) is 3.73. The number of nitrogens with one attached hydrogen (secondary N) is 1. The number of halogens is 1. The molecule has 0 saturated carbocycles. The van der Waals surface area contributed by atoms with E-state index in [-0.39, 0.29) is 0 Å². The number of nitrogens with two attached hydrogens (primary N) is 1. The molecule has 0 radical (unpaired) electrons. The molecule has 0 spiro atoms. The second-order valence-electron chi connectivity index (χ2n) is 4.52. The molecule has 6 heteroatoms. The minimum absolute atomic E-state index is 0.414. The number of methoxy groups -OCH3 is 1. The monoisotopic (exact) mass is 303 g/mol. The van der Waals surface area contributed by atoms with Gasteiger partial charge in [-0.15, -0.1) is 0 Å². The lowest BCUT2D eigenvalue weighted by molar-refractivity contribution is 0.410. The zero-order chi connectivity index (χ0) is 14.8. The summed E-state index contributed by atoms with van der Waals surface area (Å²) in [6, 6.07) is 11.3. The smallest absolute Gasteiger partial charge is 0.295 e. The van der Waals surface area contributed by atoms with E-state index in [1.165, 1.54) is 0 Å². The Kier molecular flexibility index (Phi) is 3.58. The number of hydrogen-bond donors (Lipinski definition) is 2. The van der Waals surface area contributed by atoms with E-state index in [0.29, 0.717) is 28.9 Å². The van der Waals surface area contributed by atoms with Crippen LogP contribution in [-0.2, 0) is 6.54 Å². The highest BCUT2D eigenvalue weighted by Gasteiger charge is 2.10. The van der Waals surface area contributed by atoms with Gasteiger partial charge in [0.1, 0.15) is 11.3 Å². The molecule has 3 aromatic rings. The highest BCUT2D eigenvalue weighted by atomic mass is 35.5. The summed E-state index contributed by atoms with van der Waals surface area (Å²) < 4.78 is 10.9. The lowest BCUT2D eigenvalue weighted by atomic mass is 10.2. The van der Waals surface area contributed by atoms with Crippen molar-refractivity contribution in [1.29, 1.82) is 0 Å². The molecule has 0 aliphatic heterocycles. The number of anilines is 2. The van der Waals surface area contributed by atoms with Gasteiger partial charge < -0.3 is 20.2 Å². The molecule has 0 aliphatic carbocycles. The number of aromatic nitrogens is 1. The zero-order valence-electron chi connectivity index (χ0n) is 11.4. The predicted octanol–water partition coefficient (Wildman–Crippen LogP) is 3.68. The molecular weight excluding hydrogens is 290 g/mol. The van der Waals surface area contributed by atoms with Crippen LogP contribution in [0.4, 0.5) is 11.7 Å². The van der Waals surface area contributed by atoms with Gasteiger partial charge in [-0.25, -0.2) is 0 Å². The first-order chi connectivity index (χ1) is 10.2. The molecule has 3 rings (SSSR count). The Bertz CT molecular complexity index is 786. The van der Waals surface area contributed by atoms with Crippen LogP contribution in [0.1, 0.15) is 5.56 Å². The summed E-state index contributed by atoms with van der Waals surface area (Å²) in [6.45, 7) is 0.450. The molecular formula is C15H14ClN3O2. The normalized spacial score (nSPS) is 10.8. The lowest BCUT2D eigenvalue weighted by Gasteiger charge is -2.10. The summed E-state index contributed by atoms with van der Waals surface area (Å²) in [4.78, 5) is 4.34. The molecule has 1 aromatic heterocycles. The third kappa shape index (κ3) is 2.73. The van der Waals surface area contributed by atoms with E-state index in [1.807, 2.05) is 24.3 Å². The van der Waals surface area contributed by atoms with E-state index in [2.05, 4.69) is 10.3 Å². The minimum atomic E-state index is 0.414. The molecule has 0 atom stereocenters. The van der Waals surface area contributed by atoms with Gasteiger partial charge >= 0.3 is 0 Å². The van der Waals surface area contributed by atoms with Gasteiger partial charge in [0.2, 0.25) is 0 Å². The molecule has 21 heavy (non-hydrogen) atoms. The highest BCUT2D eigenvalue weighted by Crippen LogP contribution is 2.28. The standard InChI is InChI=1S/C15H14ClN3O2/c1-20-13-4-2-3-11(16)10(13)8-18-15-19-12-6-5-9(17)7-14(12)21-15/h2-7H,8,17H2,1H3,(H,18,19). The quantitative estimate of drug-likeness (QED) is 0.719. The van der Waals surface area contributed by atoms with Crippen LogP contribution in [0.25, 0.3) is 11.1 Å². The van der Waals surface area contributed by atoms with E-state index in [4.69, 9.17) is 26.5 Å². The van der Waals surface area contributed by atoms with E-state index in [9.17, 15) is 0 Å². The fourth-order valence-corrected chi connectivity index (χ4v) is 2.32. The summed E-state index contributed by atoms with van der Waals surface area (Å²) >= 11 is 6.19. The van der Waals surface area contributed by atoms with E-state index < -0.39 is 0 Å². The molecule has 3 N–H and O–H groups in total.